The molecule has 0 amide bonds. The fourth-order valence-electron chi connectivity index (χ4n) is 1.86. The lowest BCUT2D eigenvalue weighted by Crippen LogP contribution is -2.13. The number of benzene rings is 2. The van der Waals surface area contributed by atoms with Crippen LogP contribution in [-0.2, 0) is 4.74 Å². The van der Waals surface area contributed by atoms with Crippen molar-refractivity contribution in [2.75, 3.05) is 6.61 Å². The molecule has 0 aliphatic rings. The van der Waals surface area contributed by atoms with E-state index in [0.717, 1.165) is 5.56 Å². The average molecular weight is 284 g/mol. The number of ether oxygens (including phenoxy) is 2. The second-order valence-electron chi connectivity index (χ2n) is 4.48. The molecule has 2 aromatic carbocycles. The van der Waals surface area contributed by atoms with Crippen LogP contribution in [0, 0.1) is 6.92 Å². The van der Waals surface area contributed by atoms with Gasteiger partial charge in [-0.25, -0.2) is 9.59 Å². The van der Waals surface area contributed by atoms with Crippen LogP contribution < -0.4 is 4.74 Å². The number of carbonyl (C=O) groups is 2. The van der Waals surface area contributed by atoms with E-state index in [-0.39, 0.29) is 17.9 Å². The fraction of sp³-hybridized carbons (Fsp3) is 0.176. The summed E-state index contributed by atoms with van der Waals surface area (Å²) in [7, 11) is 0. The lowest BCUT2D eigenvalue weighted by molar-refractivity contribution is 0.0520. The van der Waals surface area contributed by atoms with E-state index in [4.69, 9.17) is 9.47 Å². The highest BCUT2D eigenvalue weighted by molar-refractivity contribution is 5.96. The van der Waals surface area contributed by atoms with Gasteiger partial charge in [0.05, 0.1) is 12.2 Å². The van der Waals surface area contributed by atoms with E-state index >= 15 is 0 Å². The van der Waals surface area contributed by atoms with E-state index in [9.17, 15) is 9.59 Å². The molecule has 0 unspecified atom stereocenters. The van der Waals surface area contributed by atoms with Crippen LogP contribution in [0.25, 0.3) is 0 Å². The van der Waals surface area contributed by atoms with E-state index < -0.39 is 11.9 Å². The maximum atomic E-state index is 12.1. The lowest BCUT2D eigenvalue weighted by Gasteiger charge is -2.09. The predicted octanol–water partition coefficient (Wildman–Crippen LogP) is 3.39. The summed E-state index contributed by atoms with van der Waals surface area (Å²) in [5.41, 5.74) is 1.64. The Labute approximate surface area is 123 Å². The third-order valence-corrected chi connectivity index (χ3v) is 2.84. The van der Waals surface area contributed by atoms with E-state index in [0.29, 0.717) is 5.56 Å². The molecule has 0 radical (unpaired) electrons. The van der Waals surface area contributed by atoms with Crippen molar-refractivity contribution in [2.45, 2.75) is 13.8 Å². The van der Waals surface area contributed by atoms with Gasteiger partial charge in [0.15, 0.2) is 0 Å². The van der Waals surface area contributed by atoms with E-state index in [1.807, 2.05) is 13.0 Å². The number of carbonyl (C=O) groups excluding carboxylic acids is 2. The summed E-state index contributed by atoms with van der Waals surface area (Å²) >= 11 is 0. The number of aryl methyl sites for hydroxylation is 1. The largest absolute Gasteiger partial charge is 0.462 e. The van der Waals surface area contributed by atoms with Gasteiger partial charge in [0, 0.05) is 0 Å². The third kappa shape index (κ3) is 3.69. The van der Waals surface area contributed by atoms with Crippen molar-refractivity contribution in [3.05, 3.63) is 65.2 Å². The first kappa shape index (κ1) is 14.8. The highest BCUT2D eigenvalue weighted by Crippen LogP contribution is 2.20. The highest BCUT2D eigenvalue weighted by atomic mass is 16.5. The van der Waals surface area contributed by atoms with Gasteiger partial charge in [-0.1, -0.05) is 29.8 Å². The van der Waals surface area contributed by atoms with Gasteiger partial charge in [-0.2, -0.15) is 0 Å². The van der Waals surface area contributed by atoms with Gasteiger partial charge in [0.1, 0.15) is 11.3 Å². The van der Waals surface area contributed by atoms with E-state index in [2.05, 4.69) is 0 Å². The molecule has 0 saturated heterocycles. The quantitative estimate of drug-likeness (QED) is 0.638. The second kappa shape index (κ2) is 6.70. The minimum Gasteiger partial charge on any atom is -0.462 e. The molecule has 0 aliphatic heterocycles. The van der Waals surface area contributed by atoms with Crippen molar-refractivity contribution >= 4 is 11.9 Å². The average Bonchev–Trinajstić information content (AvgIpc) is 2.48. The minimum absolute atomic E-state index is 0.197. The number of para-hydroxylation sites is 1. The van der Waals surface area contributed by atoms with Crippen molar-refractivity contribution in [1.82, 2.24) is 0 Å². The van der Waals surface area contributed by atoms with Gasteiger partial charge in [0.2, 0.25) is 0 Å². The highest BCUT2D eigenvalue weighted by Gasteiger charge is 2.16. The molecule has 0 saturated carbocycles. The Bertz CT molecular complexity index is 661. The van der Waals surface area contributed by atoms with Crippen molar-refractivity contribution in [3.8, 4) is 5.75 Å². The second-order valence-corrected chi connectivity index (χ2v) is 4.48. The molecule has 2 rings (SSSR count). The summed E-state index contributed by atoms with van der Waals surface area (Å²) < 4.78 is 10.3. The molecule has 0 atom stereocenters. The van der Waals surface area contributed by atoms with Crippen molar-refractivity contribution < 1.29 is 19.1 Å². The number of hydrogen-bond donors (Lipinski definition) is 0. The van der Waals surface area contributed by atoms with E-state index in [1.54, 1.807) is 49.4 Å². The van der Waals surface area contributed by atoms with Crippen LogP contribution in [0.15, 0.2) is 48.5 Å². The van der Waals surface area contributed by atoms with Crippen LogP contribution in [-0.4, -0.2) is 18.5 Å². The molecule has 108 valence electrons. The summed E-state index contributed by atoms with van der Waals surface area (Å²) in [6.07, 6.45) is 0. The van der Waals surface area contributed by atoms with Gasteiger partial charge in [-0.05, 0) is 38.1 Å². The standard InChI is InChI=1S/C17H16O4/c1-3-20-17(19)14-9-4-5-10-15(14)21-16(18)13-8-6-7-12(2)11-13/h4-11H,3H2,1-2H3. The zero-order chi connectivity index (χ0) is 15.2. The molecule has 4 nitrogen and oxygen atoms in total. The zero-order valence-electron chi connectivity index (χ0n) is 12.0. The molecule has 0 N–H and O–H groups in total. The summed E-state index contributed by atoms with van der Waals surface area (Å²) in [6.45, 7) is 3.88. The third-order valence-electron chi connectivity index (χ3n) is 2.84. The van der Waals surface area contributed by atoms with Crippen molar-refractivity contribution in [3.63, 3.8) is 0 Å². The van der Waals surface area contributed by atoms with Crippen molar-refractivity contribution in [1.29, 1.82) is 0 Å². The van der Waals surface area contributed by atoms with Gasteiger partial charge in [0.25, 0.3) is 0 Å². The van der Waals surface area contributed by atoms with Crippen LogP contribution in [0.2, 0.25) is 0 Å². The molecule has 2 aromatic rings. The van der Waals surface area contributed by atoms with E-state index in [1.165, 1.54) is 0 Å². The Balaban J connectivity index is 2.23. The molecule has 0 bridgehead atoms. The Hall–Kier alpha value is -2.62. The molecule has 0 aromatic heterocycles. The minimum atomic E-state index is -0.509. The van der Waals surface area contributed by atoms with Crippen molar-refractivity contribution in [2.24, 2.45) is 0 Å². The first-order valence-corrected chi connectivity index (χ1v) is 6.67. The summed E-state index contributed by atoms with van der Waals surface area (Å²) in [5, 5.41) is 0. The fourth-order valence-corrected chi connectivity index (χ4v) is 1.86. The van der Waals surface area contributed by atoms with Gasteiger partial charge >= 0.3 is 11.9 Å². The van der Waals surface area contributed by atoms with Crippen LogP contribution >= 0.6 is 0 Å². The molecule has 0 heterocycles. The monoisotopic (exact) mass is 284 g/mol. The van der Waals surface area contributed by atoms with Gasteiger partial charge < -0.3 is 9.47 Å². The van der Waals surface area contributed by atoms with Crippen LogP contribution in [0.3, 0.4) is 0 Å². The lowest BCUT2D eigenvalue weighted by atomic mass is 10.1. The Morgan fingerprint density at radius 2 is 1.76 bits per heavy atom. The molecule has 21 heavy (non-hydrogen) atoms. The topological polar surface area (TPSA) is 52.6 Å². The number of rotatable bonds is 4. The van der Waals surface area contributed by atoms with Crippen LogP contribution in [0.5, 0.6) is 5.75 Å². The first-order valence-electron chi connectivity index (χ1n) is 6.67. The maximum Gasteiger partial charge on any atom is 0.343 e. The normalized spacial score (nSPS) is 10.0. The molecular formula is C17H16O4. The summed E-state index contributed by atoms with van der Waals surface area (Å²) in [6, 6.07) is 13.6. The number of hydrogen-bond acceptors (Lipinski definition) is 4. The molecule has 0 spiro atoms. The molecule has 0 aliphatic carbocycles. The maximum absolute atomic E-state index is 12.1. The molecular weight excluding hydrogens is 268 g/mol. The number of esters is 2. The summed E-state index contributed by atoms with van der Waals surface area (Å²) in [5.74, 6) is -0.817. The smallest absolute Gasteiger partial charge is 0.343 e. The predicted molar refractivity (Wildman–Crippen MR) is 78.5 cm³/mol. The molecule has 0 fully saturated rings. The molecule has 4 heteroatoms. The van der Waals surface area contributed by atoms with Crippen LogP contribution in [0.1, 0.15) is 33.2 Å². The SMILES string of the molecule is CCOC(=O)c1ccccc1OC(=O)c1cccc(C)c1. The van der Waals surface area contributed by atoms with Gasteiger partial charge in [-0.15, -0.1) is 0 Å². The van der Waals surface area contributed by atoms with Crippen LogP contribution in [0.4, 0.5) is 0 Å². The van der Waals surface area contributed by atoms with Gasteiger partial charge in [-0.3, -0.25) is 0 Å². The Morgan fingerprint density at radius 3 is 2.48 bits per heavy atom. The first-order chi connectivity index (χ1) is 10.1. The Kier molecular flexibility index (Phi) is 4.72. The summed E-state index contributed by atoms with van der Waals surface area (Å²) in [4.78, 5) is 23.9. The zero-order valence-corrected chi connectivity index (χ0v) is 12.0. The Morgan fingerprint density at radius 1 is 1.00 bits per heavy atom.